The molecule has 1 heterocycles. The third-order valence-corrected chi connectivity index (χ3v) is 4.26. The van der Waals surface area contributed by atoms with Crippen LogP contribution in [-0.2, 0) is 6.54 Å². The number of nitrogens with zero attached hydrogens (tertiary/aromatic N) is 2. The molecule has 0 aliphatic carbocycles. The van der Waals surface area contributed by atoms with Gasteiger partial charge in [0, 0.05) is 38.3 Å². The molecule has 23 heavy (non-hydrogen) atoms. The molecule has 2 aromatic rings. The Kier molecular flexibility index (Phi) is 5.03. The molecule has 0 radical (unpaired) electrons. The first-order chi connectivity index (χ1) is 11.3. The van der Waals surface area contributed by atoms with Crippen molar-refractivity contribution in [3.05, 3.63) is 54.1 Å². The van der Waals surface area contributed by atoms with Crippen LogP contribution in [0.5, 0.6) is 11.5 Å². The van der Waals surface area contributed by atoms with Gasteiger partial charge in [-0.15, -0.1) is 0 Å². The third kappa shape index (κ3) is 3.77. The smallest absolute Gasteiger partial charge is 0.142 e. The topological polar surface area (TPSA) is 35.9 Å². The van der Waals surface area contributed by atoms with E-state index in [4.69, 9.17) is 4.74 Å². The molecule has 1 N–H and O–H groups in total. The maximum Gasteiger partial charge on any atom is 0.142 e. The van der Waals surface area contributed by atoms with Crippen LogP contribution in [0.1, 0.15) is 12.5 Å². The molecule has 4 heteroatoms. The van der Waals surface area contributed by atoms with Crippen LogP contribution >= 0.6 is 0 Å². The minimum atomic E-state index is 0.386. The number of rotatable bonds is 5. The van der Waals surface area contributed by atoms with Gasteiger partial charge in [0.2, 0.25) is 0 Å². The van der Waals surface area contributed by atoms with Crippen molar-refractivity contribution in [2.45, 2.75) is 13.5 Å². The summed E-state index contributed by atoms with van der Waals surface area (Å²) < 4.78 is 5.74. The molecule has 1 aliphatic rings. The van der Waals surface area contributed by atoms with E-state index < -0.39 is 0 Å². The lowest BCUT2D eigenvalue weighted by atomic mass is 10.1. The van der Waals surface area contributed by atoms with Gasteiger partial charge in [-0.2, -0.15) is 0 Å². The molecule has 0 atom stereocenters. The molecule has 2 aromatic carbocycles. The standard InChI is InChI=1S/C19H24N2O2/c1-2-23-19-10-6-4-8-17(19)21-13-11-20(12-14-21)15-16-7-3-5-9-18(16)22/h3-10,22H,2,11-15H2,1H3. The quantitative estimate of drug-likeness (QED) is 0.920. The fourth-order valence-electron chi connectivity index (χ4n) is 3.03. The summed E-state index contributed by atoms with van der Waals surface area (Å²) in [6, 6.07) is 15.8. The normalized spacial score (nSPS) is 15.6. The molecule has 0 amide bonds. The summed E-state index contributed by atoms with van der Waals surface area (Å²) in [6.45, 7) is 7.40. The van der Waals surface area contributed by atoms with E-state index in [0.29, 0.717) is 12.4 Å². The Labute approximate surface area is 137 Å². The second kappa shape index (κ2) is 7.38. The Morgan fingerprint density at radius 2 is 1.65 bits per heavy atom. The highest BCUT2D eigenvalue weighted by molar-refractivity contribution is 5.58. The summed E-state index contributed by atoms with van der Waals surface area (Å²) in [7, 11) is 0. The highest BCUT2D eigenvalue weighted by Gasteiger charge is 2.20. The predicted octanol–water partition coefficient (Wildman–Crippen LogP) is 3.11. The summed E-state index contributed by atoms with van der Waals surface area (Å²) in [5.74, 6) is 1.35. The minimum Gasteiger partial charge on any atom is -0.508 e. The maximum atomic E-state index is 9.91. The zero-order chi connectivity index (χ0) is 16.1. The summed E-state index contributed by atoms with van der Waals surface area (Å²) in [5.41, 5.74) is 2.17. The molecule has 0 bridgehead atoms. The second-order valence-electron chi connectivity index (χ2n) is 5.79. The van der Waals surface area contributed by atoms with Gasteiger partial charge in [-0.1, -0.05) is 30.3 Å². The van der Waals surface area contributed by atoms with Gasteiger partial charge in [0.15, 0.2) is 0 Å². The van der Waals surface area contributed by atoms with Crippen LogP contribution in [0, 0.1) is 0 Å². The zero-order valence-electron chi connectivity index (χ0n) is 13.6. The van der Waals surface area contributed by atoms with Gasteiger partial charge in [0.25, 0.3) is 0 Å². The van der Waals surface area contributed by atoms with Crippen LogP contribution in [0.2, 0.25) is 0 Å². The van der Waals surface area contributed by atoms with Crippen LogP contribution in [0.25, 0.3) is 0 Å². The van der Waals surface area contributed by atoms with E-state index in [1.807, 2.05) is 37.3 Å². The molecule has 3 rings (SSSR count). The molecular weight excluding hydrogens is 288 g/mol. The first-order valence-electron chi connectivity index (χ1n) is 8.24. The van der Waals surface area contributed by atoms with Crippen LogP contribution in [0.15, 0.2) is 48.5 Å². The van der Waals surface area contributed by atoms with E-state index in [1.165, 1.54) is 5.69 Å². The SMILES string of the molecule is CCOc1ccccc1N1CCN(Cc2ccccc2O)CC1. The molecule has 0 saturated carbocycles. The highest BCUT2D eigenvalue weighted by Crippen LogP contribution is 2.29. The number of para-hydroxylation sites is 3. The number of aromatic hydroxyl groups is 1. The lowest BCUT2D eigenvalue weighted by Gasteiger charge is -2.36. The Bertz CT molecular complexity index is 637. The van der Waals surface area contributed by atoms with Crippen LogP contribution in [0.4, 0.5) is 5.69 Å². The Morgan fingerprint density at radius 1 is 0.957 bits per heavy atom. The van der Waals surface area contributed by atoms with E-state index in [9.17, 15) is 5.11 Å². The minimum absolute atomic E-state index is 0.386. The predicted molar refractivity (Wildman–Crippen MR) is 93.2 cm³/mol. The molecule has 1 fully saturated rings. The average molecular weight is 312 g/mol. The Hall–Kier alpha value is -2.20. The van der Waals surface area contributed by atoms with Gasteiger partial charge in [-0.05, 0) is 25.1 Å². The molecule has 4 nitrogen and oxygen atoms in total. The largest absolute Gasteiger partial charge is 0.508 e. The van der Waals surface area contributed by atoms with Crippen molar-refractivity contribution in [1.29, 1.82) is 0 Å². The van der Waals surface area contributed by atoms with Gasteiger partial charge in [0.1, 0.15) is 11.5 Å². The number of anilines is 1. The monoisotopic (exact) mass is 312 g/mol. The third-order valence-electron chi connectivity index (χ3n) is 4.26. The van der Waals surface area contributed by atoms with Crippen molar-refractivity contribution in [3.63, 3.8) is 0 Å². The highest BCUT2D eigenvalue weighted by atomic mass is 16.5. The first-order valence-corrected chi connectivity index (χ1v) is 8.24. The number of hydrogen-bond acceptors (Lipinski definition) is 4. The maximum absolute atomic E-state index is 9.91. The molecule has 122 valence electrons. The molecular formula is C19H24N2O2. The van der Waals surface area contributed by atoms with Crippen molar-refractivity contribution in [2.24, 2.45) is 0 Å². The molecule has 1 saturated heterocycles. The van der Waals surface area contributed by atoms with E-state index in [-0.39, 0.29) is 0 Å². The van der Waals surface area contributed by atoms with Crippen LogP contribution in [-0.4, -0.2) is 42.8 Å². The summed E-state index contributed by atoms with van der Waals surface area (Å²) in [4.78, 5) is 4.77. The average Bonchev–Trinajstić information content (AvgIpc) is 2.59. The van der Waals surface area contributed by atoms with Crippen LogP contribution in [0.3, 0.4) is 0 Å². The lowest BCUT2D eigenvalue weighted by molar-refractivity contribution is 0.245. The van der Waals surface area contributed by atoms with E-state index in [2.05, 4.69) is 21.9 Å². The zero-order valence-corrected chi connectivity index (χ0v) is 13.6. The fourth-order valence-corrected chi connectivity index (χ4v) is 3.03. The van der Waals surface area contributed by atoms with Crippen molar-refractivity contribution in [2.75, 3.05) is 37.7 Å². The number of piperazine rings is 1. The van der Waals surface area contributed by atoms with Crippen molar-refractivity contribution in [3.8, 4) is 11.5 Å². The van der Waals surface area contributed by atoms with Crippen molar-refractivity contribution < 1.29 is 9.84 Å². The number of ether oxygens (including phenoxy) is 1. The molecule has 0 unspecified atom stereocenters. The van der Waals surface area contributed by atoms with Gasteiger partial charge < -0.3 is 14.7 Å². The number of hydrogen-bond donors (Lipinski definition) is 1. The first kappa shape index (κ1) is 15.7. The molecule has 1 aliphatic heterocycles. The van der Waals surface area contributed by atoms with Crippen molar-refractivity contribution >= 4 is 5.69 Å². The van der Waals surface area contributed by atoms with Crippen molar-refractivity contribution in [1.82, 2.24) is 4.90 Å². The molecule has 0 aromatic heterocycles. The number of phenolic OH excluding ortho intramolecular Hbond substituents is 1. The summed E-state index contributed by atoms with van der Waals surface area (Å²) >= 11 is 0. The van der Waals surface area contributed by atoms with Gasteiger partial charge in [-0.3, -0.25) is 4.90 Å². The lowest BCUT2D eigenvalue weighted by Crippen LogP contribution is -2.46. The van der Waals surface area contributed by atoms with Gasteiger partial charge in [-0.25, -0.2) is 0 Å². The Morgan fingerprint density at radius 3 is 2.39 bits per heavy atom. The summed E-state index contributed by atoms with van der Waals surface area (Å²) in [6.07, 6.45) is 0. The Balaban J connectivity index is 1.62. The number of phenols is 1. The van der Waals surface area contributed by atoms with Gasteiger partial charge >= 0.3 is 0 Å². The van der Waals surface area contributed by atoms with Crippen LogP contribution < -0.4 is 9.64 Å². The number of benzene rings is 2. The second-order valence-corrected chi connectivity index (χ2v) is 5.79. The van der Waals surface area contributed by atoms with Gasteiger partial charge in [0.05, 0.1) is 12.3 Å². The fraction of sp³-hybridized carbons (Fsp3) is 0.368. The van der Waals surface area contributed by atoms with E-state index >= 15 is 0 Å². The van der Waals surface area contributed by atoms with E-state index in [1.54, 1.807) is 6.07 Å². The van der Waals surface area contributed by atoms with E-state index in [0.717, 1.165) is 44.0 Å². The molecule has 0 spiro atoms. The summed E-state index contributed by atoms with van der Waals surface area (Å²) in [5, 5.41) is 9.91.